The van der Waals surface area contributed by atoms with E-state index in [9.17, 15) is 8.42 Å². The third kappa shape index (κ3) is 3.70. The van der Waals surface area contributed by atoms with E-state index in [1.54, 1.807) is 6.20 Å². The fraction of sp³-hybridized carbons (Fsp3) is 0.583. The van der Waals surface area contributed by atoms with Gasteiger partial charge < -0.3 is 4.74 Å². The SMILES string of the molecule is Cc1ccc(OCC2(CS(C)(=O)=O)CC2)nc1. The van der Waals surface area contributed by atoms with E-state index in [1.807, 2.05) is 19.1 Å². The molecule has 5 heteroatoms. The summed E-state index contributed by atoms with van der Waals surface area (Å²) in [4.78, 5) is 4.13. The average molecular weight is 255 g/mol. The van der Waals surface area contributed by atoms with Crippen molar-refractivity contribution in [2.24, 2.45) is 5.41 Å². The molecule has 4 nitrogen and oxygen atoms in total. The molecule has 1 heterocycles. The summed E-state index contributed by atoms with van der Waals surface area (Å²) in [5.41, 5.74) is 0.912. The van der Waals surface area contributed by atoms with Crippen molar-refractivity contribution in [2.45, 2.75) is 19.8 Å². The Kier molecular flexibility index (Phi) is 3.12. The molecule has 0 aliphatic heterocycles. The molecule has 0 bridgehead atoms. The van der Waals surface area contributed by atoms with Crippen LogP contribution in [0.15, 0.2) is 18.3 Å². The molecule has 0 N–H and O–H groups in total. The Balaban J connectivity index is 1.92. The molecule has 1 aromatic heterocycles. The molecule has 2 rings (SSSR count). The number of pyridine rings is 1. The van der Waals surface area contributed by atoms with Gasteiger partial charge in [0.2, 0.25) is 5.88 Å². The second-order valence-corrected chi connectivity index (χ2v) is 7.17. The van der Waals surface area contributed by atoms with Gasteiger partial charge in [0, 0.05) is 23.9 Å². The molecule has 1 aliphatic carbocycles. The molecule has 0 atom stereocenters. The smallest absolute Gasteiger partial charge is 0.213 e. The zero-order chi connectivity index (χ0) is 12.5. The van der Waals surface area contributed by atoms with Crippen molar-refractivity contribution in [3.05, 3.63) is 23.9 Å². The number of aromatic nitrogens is 1. The van der Waals surface area contributed by atoms with E-state index in [4.69, 9.17) is 4.74 Å². The number of sulfone groups is 1. The zero-order valence-electron chi connectivity index (χ0n) is 10.1. The van der Waals surface area contributed by atoms with Crippen LogP contribution in [-0.4, -0.2) is 32.0 Å². The van der Waals surface area contributed by atoms with Crippen LogP contribution in [0.1, 0.15) is 18.4 Å². The van der Waals surface area contributed by atoms with Crippen LogP contribution >= 0.6 is 0 Å². The molecule has 1 saturated carbocycles. The van der Waals surface area contributed by atoms with Crippen molar-refractivity contribution in [1.29, 1.82) is 0 Å². The van der Waals surface area contributed by atoms with Gasteiger partial charge in [-0.05, 0) is 25.3 Å². The number of ether oxygens (including phenoxy) is 1. The molecule has 1 aromatic rings. The Labute approximate surface area is 102 Å². The third-order valence-corrected chi connectivity index (χ3v) is 4.07. The summed E-state index contributed by atoms with van der Waals surface area (Å²) in [7, 11) is -2.93. The van der Waals surface area contributed by atoms with E-state index in [1.165, 1.54) is 6.26 Å². The molecule has 0 spiro atoms. The number of rotatable bonds is 5. The lowest BCUT2D eigenvalue weighted by Crippen LogP contribution is -2.23. The molecule has 1 fully saturated rings. The first-order valence-corrected chi connectivity index (χ1v) is 7.68. The predicted octanol–water partition coefficient (Wildman–Crippen LogP) is 1.59. The van der Waals surface area contributed by atoms with E-state index in [0.29, 0.717) is 12.5 Å². The van der Waals surface area contributed by atoms with Gasteiger partial charge in [-0.2, -0.15) is 0 Å². The maximum atomic E-state index is 11.3. The summed E-state index contributed by atoms with van der Waals surface area (Å²) >= 11 is 0. The molecule has 0 unspecified atom stereocenters. The Morgan fingerprint density at radius 2 is 2.12 bits per heavy atom. The zero-order valence-corrected chi connectivity index (χ0v) is 11.0. The van der Waals surface area contributed by atoms with E-state index in [-0.39, 0.29) is 11.2 Å². The van der Waals surface area contributed by atoms with Crippen LogP contribution in [0.25, 0.3) is 0 Å². The topological polar surface area (TPSA) is 56.3 Å². The summed E-state index contributed by atoms with van der Waals surface area (Å²) in [5.74, 6) is 0.779. The van der Waals surface area contributed by atoms with Crippen LogP contribution in [-0.2, 0) is 9.84 Å². The normalized spacial score (nSPS) is 17.8. The molecule has 0 amide bonds. The van der Waals surface area contributed by atoms with Crippen molar-refractivity contribution in [3.63, 3.8) is 0 Å². The average Bonchev–Trinajstić information content (AvgIpc) is 2.95. The molecular weight excluding hydrogens is 238 g/mol. The lowest BCUT2D eigenvalue weighted by molar-refractivity contribution is 0.240. The standard InChI is InChI=1S/C12H17NO3S/c1-10-3-4-11(13-7-10)16-8-12(5-6-12)9-17(2,14)15/h3-4,7H,5-6,8-9H2,1-2H3. The molecule has 94 valence electrons. The molecule has 0 saturated heterocycles. The van der Waals surface area contributed by atoms with Gasteiger partial charge in [-0.25, -0.2) is 13.4 Å². The van der Waals surface area contributed by atoms with E-state index >= 15 is 0 Å². The fourth-order valence-corrected chi connectivity index (χ4v) is 3.31. The Bertz CT molecular complexity index is 489. The largest absolute Gasteiger partial charge is 0.477 e. The van der Waals surface area contributed by atoms with Crippen LogP contribution in [0.3, 0.4) is 0 Å². The van der Waals surface area contributed by atoms with Crippen LogP contribution < -0.4 is 4.74 Å². The monoisotopic (exact) mass is 255 g/mol. The third-order valence-electron chi connectivity index (χ3n) is 2.94. The van der Waals surface area contributed by atoms with Gasteiger partial charge in [0.25, 0.3) is 0 Å². The highest BCUT2D eigenvalue weighted by Gasteiger charge is 2.46. The summed E-state index contributed by atoms with van der Waals surface area (Å²) in [6.07, 6.45) is 4.86. The Morgan fingerprint density at radius 1 is 1.41 bits per heavy atom. The van der Waals surface area contributed by atoms with Gasteiger partial charge in [0.1, 0.15) is 9.84 Å². The summed E-state index contributed by atoms with van der Waals surface area (Å²) in [6, 6.07) is 3.74. The second-order valence-electron chi connectivity index (χ2n) is 5.03. The summed E-state index contributed by atoms with van der Waals surface area (Å²) in [6.45, 7) is 2.40. The quantitative estimate of drug-likeness (QED) is 0.802. The van der Waals surface area contributed by atoms with Gasteiger partial charge in [-0.3, -0.25) is 0 Å². The minimum Gasteiger partial charge on any atom is -0.477 e. The lowest BCUT2D eigenvalue weighted by atomic mass is 10.2. The highest BCUT2D eigenvalue weighted by Crippen LogP contribution is 2.46. The van der Waals surface area contributed by atoms with Crippen molar-refractivity contribution in [2.75, 3.05) is 18.6 Å². The lowest BCUT2D eigenvalue weighted by Gasteiger charge is -2.14. The summed E-state index contributed by atoms with van der Waals surface area (Å²) < 4.78 is 28.1. The number of nitrogens with zero attached hydrogens (tertiary/aromatic N) is 1. The van der Waals surface area contributed by atoms with Gasteiger partial charge in [-0.1, -0.05) is 6.07 Å². The number of aryl methyl sites for hydroxylation is 1. The first-order chi connectivity index (χ1) is 7.89. The van der Waals surface area contributed by atoms with Crippen LogP contribution in [0.5, 0.6) is 5.88 Å². The Morgan fingerprint density at radius 3 is 2.59 bits per heavy atom. The van der Waals surface area contributed by atoms with Crippen molar-refractivity contribution in [3.8, 4) is 5.88 Å². The first-order valence-electron chi connectivity index (χ1n) is 5.62. The molecular formula is C12H17NO3S. The maximum Gasteiger partial charge on any atom is 0.213 e. The summed E-state index contributed by atoms with van der Waals surface area (Å²) in [5, 5.41) is 0. The van der Waals surface area contributed by atoms with Crippen LogP contribution in [0.2, 0.25) is 0 Å². The van der Waals surface area contributed by atoms with Crippen LogP contribution in [0.4, 0.5) is 0 Å². The minimum atomic E-state index is -2.93. The highest BCUT2D eigenvalue weighted by molar-refractivity contribution is 7.90. The van der Waals surface area contributed by atoms with Gasteiger partial charge in [-0.15, -0.1) is 0 Å². The molecule has 0 radical (unpaired) electrons. The van der Waals surface area contributed by atoms with E-state index < -0.39 is 9.84 Å². The molecule has 0 aromatic carbocycles. The maximum absolute atomic E-state index is 11.3. The van der Waals surface area contributed by atoms with Gasteiger partial charge in [0.05, 0.1) is 12.4 Å². The van der Waals surface area contributed by atoms with Crippen LogP contribution in [0, 0.1) is 12.3 Å². The molecule has 1 aliphatic rings. The first kappa shape index (κ1) is 12.4. The van der Waals surface area contributed by atoms with Crippen molar-refractivity contribution >= 4 is 9.84 Å². The van der Waals surface area contributed by atoms with E-state index in [2.05, 4.69) is 4.98 Å². The second kappa shape index (κ2) is 4.29. The predicted molar refractivity (Wildman–Crippen MR) is 65.8 cm³/mol. The van der Waals surface area contributed by atoms with Gasteiger partial charge in [0.15, 0.2) is 0 Å². The Hall–Kier alpha value is -1.10. The molecule has 17 heavy (non-hydrogen) atoms. The van der Waals surface area contributed by atoms with Crippen molar-refractivity contribution < 1.29 is 13.2 Å². The van der Waals surface area contributed by atoms with Gasteiger partial charge >= 0.3 is 0 Å². The minimum absolute atomic E-state index is 0.167. The fourth-order valence-electron chi connectivity index (χ4n) is 1.83. The van der Waals surface area contributed by atoms with E-state index in [0.717, 1.165) is 18.4 Å². The van der Waals surface area contributed by atoms with Crippen molar-refractivity contribution in [1.82, 2.24) is 4.98 Å². The number of hydrogen-bond acceptors (Lipinski definition) is 4. The number of hydrogen-bond donors (Lipinski definition) is 0. The highest BCUT2D eigenvalue weighted by atomic mass is 32.2.